The van der Waals surface area contributed by atoms with Crippen molar-refractivity contribution < 1.29 is 23.1 Å². The number of hydrogen-bond acceptors (Lipinski definition) is 4. The Morgan fingerprint density at radius 2 is 2.14 bits per heavy atom. The molecular formula is C14H19NO5S. The maximum Gasteiger partial charge on any atom is 0.306 e. The van der Waals surface area contributed by atoms with E-state index in [4.69, 9.17) is 9.84 Å². The number of sulfonamides is 1. The number of carboxylic acid groups (broad SMARTS) is 1. The summed E-state index contributed by atoms with van der Waals surface area (Å²) >= 11 is 0. The number of aliphatic carboxylic acids is 1. The van der Waals surface area contributed by atoms with E-state index in [2.05, 4.69) is 0 Å². The molecule has 0 saturated carbocycles. The van der Waals surface area contributed by atoms with Crippen LogP contribution in [0.1, 0.15) is 17.5 Å². The predicted octanol–water partition coefficient (Wildman–Crippen LogP) is 1.17. The molecule has 116 valence electrons. The molecule has 1 heterocycles. The van der Waals surface area contributed by atoms with Gasteiger partial charge in [0.25, 0.3) is 0 Å². The summed E-state index contributed by atoms with van der Waals surface area (Å²) in [4.78, 5) is 11.0. The van der Waals surface area contributed by atoms with Crippen molar-refractivity contribution in [1.82, 2.24) is 4.31 Å². The van der Waals surface area contributed by atoms with E-state index in [-0.39, 0.29) is 31.0 Å². The van der Waals surface area contributed by atoms with Crippen LogP contribution in [0.5, 0.6) is 0 Å². The van der Waals surface area contributed by atoms with Crippen molar-refractivity contribution >= 4 is 16.0 Å². The number of benzene rings is 1. The van der Waals surface area contributed by atoms with Crippen LogP contribution in [0.2, 0.25) is 0 Å². The highest BCUT2D eigenvalue weighted by Crippen LogP contribution is 2.23. The lowest BCUT2D eigenvalue weighted by molar-refractivity contribution is -0.141. The van der Waals surface area contributed by atoms with Gasteiger partial charge in [-0.05, 0) is 25.5 Å². The number of morpholine rings is 1. The standard InChI is InChI=1S/C14H19NO5S/c1-10-3-4-13(11(2)7-10)21(18,19)15-5-6-20-12(9-15)8-14(16)17/h3-4,7,12H,5-6,8-9H2,1-2H3,(H,16,17). The molecule has 0 spiro atoms. The Hall–Kier alpha value is -1.44. The third-order valence-electron chi connectivity index (χ3n) is 3.45. The number of rotatable bonds is 4. The van der Waals surface area contributed by atoms with Gasteiger partial charge in [0.2, 0.25) is 10.0 Å². The van der Waals surface area contributed by atoms with E-state index >= 15 is 0 Å². The quantitative estimate of drug-likeness (QED) is 0.902. The van der Waals surface area contributed by atoms with Gasteiger partial charge in [0.05, 0.1) is 24.0 Å². The van der Waals surface area contributed by atoms with Gasteiger partial charge in [-0.2, -0.15) is 4.31 Å². The van der Waals surface area contributed by atoms with Crippen LogP contribution in [0, 0.1) is 13.8 Å². The Kier molecular flexibility index (Phi) is 4.65. The molecule has 6 nitrogen and oxygen atoms in total. The monoisotopic (exact) mass is 313 g/mol. The second-order valence-electron chi connectivity index (χ2n) is 5.22. The van der Waals surface area contributed by atoms with Crippen LogP contribution in [0.3, 0.4) is 0 Å². The van der Waals surface area contributed by atoms with E-state index in [0.29, 0.717) is 5.56 Å². The van der Waals surface area contributed by atoms with Crippen molar-refractivity contribution in [2.24, 2.45) is 0 Å². The molecule has 1 N–H and O–H groups in total. The zero-order valence-corrected chi connectivity index (χ0v) is 12.9. The number of carbonyl (C=O) groups is 1. The van der Waals surface area contributed by atoms with Crippen LogP contribution >= 0.6 is 0 Å². The van der Waals surface area contributed by atoms with Crippen molar-refractivity contribution in [2.45, 2.75) is 31.3 Å². The van der Waals surface area contributed by atoms with Gasteiger partial charge >= 0.3 is 5.97 Å². The number of hydrogen-bond donors (Lipinski definition) is 1. The number of carboxylic acids is 1. The molecule has 1 fully saturated rings. The first-order valence-corrected chi connectivity index (χ1v) is 8.15. The molecule has 0 radical (unpaired) electrons. The predicted molar refractivity (Wildman–Crippen MR) is 76.7 cm³/mol. The van der Waals surface area contributed by atoms with Crippen LogP contribution in [-0.4, -0.2) is 49.6 Å². The minimum atomic E-state index is -3.62. The summed E-state index contributed by atoms with van der Waals surface area (Å²) in [5, 5.41) is 8.80. The van der Waals surface area contributed by atoms with Gasteiger partial charge in [-0.15, -0.1) is 0 Å². The average molecular weight is 313 g/mol. The van der Waals surface area contributed by atoms with Crippen molar-refractivity contribution in [2.75, 3.05) is 19.7 Å². The number of aryl methyl sites for hydroxylation is 2. The molecule has 1 saturated heterocycles. The normalized spacial score (nSPS) is 20.4. The van der Waals surface area contributed by atoms with Crippen molar-refractivity contribution in [3.8, 4) is 0 Å². The SMILES string of the molecule is Cc1ccc(S(=O)(=O)N2CCOC(CC(=O)O)C2)c(C)c1. The highest BCUT2D eigenvalue weighted by atomic mass is 32.2. The summed E-state index contributed by atoms with van der Waals surface area (Å²) in [5.74, 6) is -0.995. The topological polar surface area (TPSA) is 83.9 Å². The molecule has 7 heteroatoms. The first kappa shape index (κ1) is 15.9. The van der Waals surface area contributed by atoms with Crippen LogP contribution in [0.15, 0.2) is 23.1 Å². The minimum absolute atomic E-state index is 0.0714. The van der Waals surface area contributed by atoms with E-state index in [1.54, 1.807) is 19.1 Å². The minimum Gasteiger partial charge on any atom is -0.481 e. The smallest absolute Gasteiger partial charge is 0.306 e. The van der Waals surface area contributed by atoms with Crippen LogP contribution < -0.4 is 0 Å². The molecule has 2 rings (SSSR count). The van der Waals surface area contributed by atoms with Crippen molar-refractivity contribution in [3.63, 3.8) is 0 Å². The first-order valence-electron chi connectivity index (χ1n) is 6.71. The zero-order chi connectivity index (χ0) is 15.6. The Morgan fingerprint density at radius 3 is 2.76 bits per heavy atom. The van der Waals surface area contributed by atoms with Crippen molar-refractivity contribution in [1.29, 1.82) is 0 Å². The molecular weight excluding hydrogens is 294 g/mol. The molecule has 1 unspecified atom stereocenters. The number of ether oxygens (including phenoxy) is 1. The summed E-state index contributed by atoms with van der Waals surface area (Å²) in [5.41, 5.74) is 1.69. The lowest BCUT2D eigenvalue weighted by atomic mass is 10.2. The molecule has 0 aromatic heterocycles. The Labute approximate surface area is 124 Å². The molecule has 0 aliphatic carbocycles. The van der Waals surface area contributed by atoms with E-state index in [1.165, 1.54) is 4.31 Å². The third-order valence-corrected chi connectivity index (χ3v) is 5.48. The van der Waals surface area contributed by atoms with E-state index in [9.17, 15) is 13.2 Å². The average Bonchev–Trinajstić information content (AvgIpc) is 2.37. The Bertz CT molecular complexity index is 641. The fraction of sp³-hybridized carbons (Fsp3) is 0.500. The van der Waals surface area contributed by atoms with Gasteiger partial charge in [0.15, 0.2) is 0 Å². The Balaban J connectivity index is 2.24. The molecule has 1 aliphatic heterocycles. The lowest BCUT2D eigenvalue weighted by Gasteiger charge is -2.31. The highest BCUT2D eigenvalue weighted by Gasteiger charge is 2.32. The lowest BCUT2D eigenvalue weighted by Crippen LogP contribution is -2.46. The number of nitrogens with zero attached hydrogens (tertiary/aromatic N) is 1. The second kappa shape index (κ2) is 6.13. The van der Waals surface area contributed by atoms with Crippen LogP contribution in [0.4, 0.5) is 0 Å². The van der Waals surface area contributed by atoms with Crippen LogP contribution in [0.25, 0.3) is 0 Å². The summed E-state index contributed by atoms with van der Waals surface area (Å²) < 4.78 is 32.0. The van der Waals surface area contributed by atoms with Gasteiger partial charge < -0.3 is 9.84 Å². The largest absolute Gasteiger partial charge is 0.481 e. The summed E-state index contributed by atoms with van der Waals surface area (Å²) in [7, 11) is -3.62. The summed E-state index contributed by atoms with van der Waals surface area (Å²) in [6.07, 6.45) is -0.796. The maximum atomic E-state index is 12.7. The summed E-state index contributed by atoms with van der Waals surface area (Å²) in [6, 6.07) is 5.18. The maximum absolute atomic E-state index is 12.7. The molecule has 0 amide bonds. The fourth-order valence-electron chi connectivity index (χ4n) is 2.46. The third kappa shape index (κ3) is 3.61. The molecule has 0 bridgehead atoms. The molecule has 1 aromatic rings. The van der Waals surface area contributed by atoms with Gasteiger partial charge in [0.1, 0.15) is 0 Å². The highest BCUT2D eigenvalue weighted by molar-refractivity contribution is 7.89. The molecule has 1 aliphatic rings. The first-order chi connectivity index (χ1) is 9.80. The second-order valence-corrected chi connectivity index (χ2v) is 7.13. The molecule has 1 aromatic carbocycles. The van der Waals surface area contributed by atoms with Gasteiger partial charge in [-0.1, -0.05) is 17.7 Å². The fourth-order valence-corrected chi connectivity index (χ4v) is 4.12. The van der Waals surface area contributed by atoms with Gasteiger partial charge in [-0.25, -0.2) is 8.42 Å². The molecule has 21 heavy (non-hydrogen) atoms. The van der Waals surface area contributed by atoms with Gasteiger partial charge in [-0.3, -0.25) is 4.79 Å². The summed E-state index contributed by atoms with van der Waals surface area (Å²) in [6.45, 7) is 4.19. The van der Waals surface area contributed by atoms with Gasteiger partial charge in [0, 0.05) is 13.1 Å². The zero-order valence-electron chi connectivity index (χ0n) is 12.1. The van der Waals surface area contributed by atoms with Crippen LogP contribution in [-0.2, 0) is 19.6 Å². The Morgan fingerprint density at radius 1 is 1.43 bits per heavy atom. The van der Waals surface area contributed by atoms with E-state index in [1.807, 2.05) is 13.0 Å². The van der Waals surface area contributed by atoms with E-state index in [0.717, 1.165) is 5.56 Å². The van der Waals surface area contributed by atoms with Crippen molar-refractivity contribution in [3.05, 3.63) is 29.3 Å². The van der Waals surface area contributed by atoms with E-state index < -0.39 is 22.1 Å². The molecule has 1 atom stereocenters.